The SMILES string of the molecule is C[C@H](OCc1noc(-c2ccsc2)n1)C(=O)O. The molecule has 0 aliphatic rings. The summed E-state index contributed by atoms with van der Waals surface area (Å²) in [6.07, 6.45) is -0.891. The molecule has 6 nitrogen and oxygen atoms in total. The Hall–Kier alpha value is -1.73. The van der Waals surface area contributed by atoms with Gasteiger partial charge in [-0.2, -0.15) is 16.3 Å². The molecule has 0 amide bonds. The van der Waals surface area contributed by atoms with Crippen LogP contribution in [0.5, 0.6) is 0 Å². The summed E-state index contributed by atoms with van der Waals surface area (Å²) in [5, 5.41) is 16.1. The Kier molecular flexibility index (Phi) is 3.50. The van der Waals surface area contributed by atoms with Gasteiger partial charge in [0.1, 0.15) is 6.61 Å². The first-order valence-electron chi connectivity index (χ1n) is 4.86. The van der Waals surface area contributed by atoms with Crippen LogP contribution in [0.2, 0.25) is 0 Å². The predicted molar refractivity (Wildman–Crippen MR) is 59.5 cm³/mol. The van der Waals surface area contributed by atoms with Gasteiger partial charge < -0.3 is 14.4 Å². The quantitative estimate of drug-likeness (QED) is 0.875. The summed E-state index contributed by atoms with van der Waals surface area (Å²) >= 11 is 1.53. The smallest absolute Gasteiger partial charge is 0.332 e. The number of aliphatic carboxylic acids is 1. The molecule has 0 radical (unpaired) electrons. The summed E-state index contributed by atoms with van der Waals surface area (Å²) in [4.78, 5) is 14.6. The molecule has 0 aliphatic heterocycles. The zero-order valence-corrected chi connectivity index (χ0v) is 9.81. The molecule has 90 valence electrons. The molecule has 0 fully saturated rings. The van der Waals surface area contributed by atoms with E-state index >= 15 is 0 Å². The summed E-state index contributed by atoms with van der Waals surface area (Å²) in [6, 6.07) is 1.86. The summed E-state index contributed by atoms with van der Waals surface area (Å²) in [5.74, 6) is -0.279. The molecule has 0 unspecified atom stereocenters. The average molecular weight is 254 g/mol. The second kappa shape index (κ2) is 5.07. The molecule has 2 rings (SSSR count). The van der Waals surface area contributed by atoms with Crippen LogP contribution in [0.1, 0.15) is 12.7 Å². The van der Waals surface area contributed by atoms with E-state index in [0.717, 1.165) is 5.56 Å². The first-order valence-corrected chi connectivity index (χ1v) is 5.80. The molecule has 2 heterocycles. The van der Waals surface area contributed by atoms with Crippen molar-refractivity contribution in [1.29, 1.82) is 0 Å². The number of carbonyl (C=O) groups is 1. The van der Waals surface area contributed by atoms with Crippen LogP contribution >= 0.6 is 11.3 Å². The minimum atomic E-state index is -1.02. The van der Waals surface area contributed by atoms with E-state index in [-0.39, 0.29) is 6.61 Å². The molecule has 0 saturated carbocycles. The lowest BCUT2D eigenvalue weighted by Crippen LogP contribution is -2.19. The van der Waals surface area contributed by atoms with E-state index in [9.17, 15) is 4.79 Å². The number of hydrogen-bond acceptors (Lipinski definition) is 6. The second-order valence-corrected chi connectivity index (χ2v) is 4.10. The Bertz CT molecular complexity index is 494. The fraction of sp³-hybridized carbons (Fsp3) is 0.300. The number of hydrogen-bond donors (Lipinski definition) is 1. The summed E-state index contributed by atoms with van der Waals surface area (Å²) < 4.78 is 10.1. The van der Waals surface area contributed by atoms with Gasteiger partial charge in [0.2, 0.25) is 0 Å². The molecule has 0 aromatic carbocycles. The largest absolute Gasteiger partial charge is 0.479 e. The summed E-state index contributed by atoms with van der Waals surface area (Å²) in [7, 11) is 0. The molecule has 17 heavy (non-hydrogen) atoms. The van der Waals surface area contributed by atoms with Gasteiger partial charge in [-0.25, -0.2) is 4.79 Å². The van der Waals surface area contributed by atoms with Crippen LogP contribution in [0.25, 0.3) is 11.5 Å². The predicted octanol–water partition coefficient (Wildman–Crippen LogP) is 1.79. The first-order chi connectivity index (χ1) is 8.16. The van der Waals surface area contributed by atoms with Crippen molar-refractivity contribution in [1.82, 2.24) is 10.1 Å². The Morgan fingerprint density at radius 3 is 3.18 bits per heavy atom. The first kappa shape index (κ1) is 11.7. The zero-order chi connectivity index (χ0) is 12.3. The normalized spacial score (nSPS) is 12.5. The van der Waals surface area contributed by atoms with Gasteiger partial charge in [-0.15, -0.1) is 0 Å². The lowest BCUT2D eigenvalue weighted by atomic mass is 10.3. The minimum absolute atomic E-state index is 0.0150. The van der Waals surface area contributed by atoms with Crippen molar-refractivity contribution < 1.29 is 19.2 Å². The number of nitrogens with zero attached hydrogens (tertiary/aromatic N) is 2. The van der Waals surface area contributed by atoms with Gasteiger partial charge >= 0.3 is 5.97 Å². The van der Waals surface area contributed by atoms with Crippen LogP contribution in [-0.4, -0.2) is 27.3 Å². The Labute approximate surface area is 101 Å². The van der Waals surface area contributed by atoms with Crippen LogP contribution in [-0.2, 0) is 16.1 Å². The van der Waals surface area contributed by atoms with Crippen LogP contribution in [0.15, 0.2) is 21.3 Å². The van der Waals surface area contributed by atoms with Crippen molar-refractivity contribution in [3.63, 3.8) is 0 Å². The third kappa shape index (κ3) is 2.89. The average Bonchev–Trinajstić information content (AvgIpc) is 2.95. The molecule has 2 aromatic heterocycles. The monoisotopic (exact) mass is 254 g/mol. The molecule has 1 atom stereocenters. The summed E-state index contributed by atoms with van der Waals surface area (Å²) in [5.41, 5.74) is 0.847. The van der Waals surface area contributed by atoms with E-state index in [1.54, 1.807) is 0 Å². The molecule has 0 bridgehead atoms. The Balaban J connectivity index is 1.97. The van der Waals surface area contributed by atoms with Crippen molar-refractivity contribution in [3.8, 4) is 11.5 Å². The van der Waals surface area contributed by atoms with Gasteiger partial charge in [-0.05, 0) is 18.4 Å². The van der Waals surface area contributed by atoms with E-state index in [0.29, 0.717) is 11.7 Å². The fourth-order valence-corrected chi connectivity index (χ4v) is 1.72. The zero-order valence-electron chi connectivity index (χ0n) is 8.99. The molecular weight excluding hydrogens is 244 g/mol. The lowest BCUT2D eigenvalue weighted by Gasteiger charge is -2.04. The highest BCUT2D eigenvalue weighted by Crippen LogP contribution is 2.19. The van der Waals surface area contributed by atoms with E-state index < -0.39 is 12.1 Å². The van der Waals surface area contributed by atoms with Crippen molar-refractivity contribution in [2.24, 2.45) is 0 Å². The highest BCUT2D eigenvalue weighted by molar-refractivity contribution is 7.08. The van der Waals surface area contributed by atoms with Crippen LogP contribution in [0, 0.1) is 0 Å². The van der Waals surface area contributed by atoms with E-state index in [1.165, 1.54) is 18.3 Å². The third-order valence-corrected chi connectivity index (χ3v) is 2.73. The fourth-order valence-electron chi connectivity index (χ4n) is 1.09. The summed E-state index contributed by atoms with van der Waals surface area (Å²) in [6.45, 7) is 1.46. The molecule has 0 saturated heterocycles. The number of thiophene rings is 1. The van der Waals surface area contributed by atoms with Crippen LogP contribution in [0.3, 0.4) is 0 Å². The van der Waals surface area contributed by atoms with Crippen molar-refractivity contribution >= 4 is 17.3 Å². The number of carboxylic acids is 1. The maximum Gasteiger partial charge on any atom is 0.332 e. The molecule has 7 heteroatoms. The van der Waals surface area contributed by atoms with Gasteiger partial charge in [0.25, 0.3) is 5.89 Å². The van der Waals surface area contributed by atoms with Crippen molar-refractivity contribution in [3.05, 3.63) is 22.7 Å². The van der Waals surface area contributed by atoms with E-state index in [2.05, 4.69) is 10.1 Å². The molecule has 0 spiro atoms. The maximum atomic E-state index is 10.5. The second-order valence-electron chi connectivity index (χ2n) is 3.32. The van der Waals surface area contributed by atoms with Gasteiger partial charge in [-0.1, -0.05) is 5.16 Å². The van der Waals surface area contributed by atoms with Crippen LogP contribution in [0.4, 0.5) is 0 Å². The van der Waals surface area contributed by atoms with Gasteiger partial charge in [-0.3, -0.25) is 0 Å². The van der Waals surface area contributed by atoms with Gasteiger partial charge in [0, 0.05) is 5.38 Å². The molecular formula is C10H10N2O4S. The minimum Gasteiger partial charge on any atom is -0.479 e. The number of rotatable bonds is 5. The number of aromatic nitrogens is 2. The van der Waals surface area contributed by atoms with Gasteiger partial charge in [0.05, 0.1) is 5.56 Å². The molecule has 0 aliphatic carbocycles. The van der Waals surface area contributed by atoms with Crippen LogP contribution < -0.4 is 0 Å². The van der Waals surface area contributed by atoms with Crippen molar-refractivity contribution in [2.45, 2.75) is 19.6 Å². The van der Waals surface area contributed by atoms with Gasteiger partial charge in [0.15, 0.2) is 11.9 Å². The van der Waals surface area contributed by atoms with E-state index in [1.807, 2.05) is 16.8 Å². The highest BCUT2D eigenvalue weighted by Gasteiger charge is 2.14. The standard InChI is InChI=1S/C10H10N2O4S/c1-6(10(13)14)15-4-8-11-9(16-12-8)7-2-3-17-5-7/h2-3,5-6H,4H2,1H3,(H,13,14)/t6-/m0/s1. The Morgan fingerprint density at radius 1 is 1.71 bits per heavy atom. The topological polar surface area (TPSA) is 85.5 Å². The Morgan fingerprint density at radius 2 is 2.53 bits per heavy atom. The lowest BCUT2D eigenvalue weighted by molar-refractivity contribution is -0.150. The highest BCUT2D eigenvalue weighted by atomic mass is 32.1. The molecule has 1 N–H and O–H groups in total. The maximum absolute atomic E-state index is 10.5. The van der Waals surface area contributed by atoms with Crippen molar-refractivity contribution in [2.75, 3.05) is 0 Å². The molecule has 2 aromatic rings. The number of carboxylic acid groups (broad SMARTS) is 1. The van der Waals surface area contributed by atoms with E-state index in [4.69, 9.17) is 14.4 Å². The third-order valence-electron chi connectivity index (χ3n) is 2.05. The number of ether oxygens (including phenoxy) is 1.